The largest absolute Gasteiger partial charge is 0.379 e. The molecule has 1 atom stereocenters. The van der Waals surface area contributed by atoms with Crippen LogP contribution >= 0.6 is 7.59 Å². The first kappa shape index (κ1) is 16.2. The quantitative estimate of drug-likeness (QED) is 0.512. The molecule has 0 radical (unpaired) electrons. The normalized spacial score (nSPS) is 20.3. The maximum absolute atomic E-state index is 13.2. The Bertz CT molecular complexity index is 527. The Morgan fingerprint density at radius 2 is 1.90 bits per heavy atom. The van der Waals surface area contributed by atoms with Crippen LogP contribution < -0.4 is 5.20 Å². The van der Waals surface area contributed by atoms with Gasteiger partial charge in [-0.25, -0.2) is 14.5 Å². The van der Waals surface area contributed by atoms with Crippen molar-refractivity contribution < 1.29 is 9.30 Å². The van der Waals surface area contributed by atoms with Gasteiger partial charge in [0.15, 0.2) is 0 Å². The third kappa shape index (κ3) is 3.92. The Morgan fingerprint density at radius 3 is 2.48 bits per heavy atom. The minimum atomic E-state index is -2.89. The fourth-order valence-electron chi connectivity index (χ4n) is 2.11. The Hall–Kier alpha value is -1.20. The van der Waals surface area contributed by atoms with Crippen molar-refractivity contribution >= 4 is 13.3 Å². The minimum absolute atomic E-state index is 0.598. The van der Waals surface area contributed by atoms with Crippen LogP contribution in [-0.4, -0.2) is 55.5 Å². The molecule has 1 aliphatic heterocycles. The van der Waals surface area contributed by atoms with E-state index in [1.54, 1.807) is 18.8 Å². The van der Waals surface area contributed by atoms with E-state index < -0.39 is 7.59 Å². The van der Waals surface area contributed by atoms with Gasteiger partial charge in [0.25, 0.3) is 0 Å². The van der Waals surface area contributed by atoms with Gasteiger partial charge in [-0.1, -0.05) is 30.3 Å². The Balaban J connectivity index is 2.14. The molecule has 0 amide bonds. The van der Waals surface area contributed by atoms with E-state index in [0.29, 0.717) is 26.3 Å². The van der Waals surface area contributed by atoms with E-state index in [0.717, 1.165) is 11.3 Å². The third-order valence-electron chi connectivity index (χ3n) is 3.45. The van der Waals surface area contributed by atoms with Gasteiger partial charge >= 0.3 is 7.59 Å². The number of hydrogen-bond acceptors (Lipinski definition) is 3. The molecule has 0 aromatic heterocycles. The molecule has 1 unspecified atom stereocenters. The summed E-state index contributed by atoms with van der Waals surface area (Å²) in [7, 11) is 0.713. The van der Waals surface area contributed by atoms with Crippen molar-refractivity contribution in [3.63, 3.8) is 0 Å². The Kier molecular flexibility index (Phi) is 5.53. The van der Waals surface area contributed by atoms with Crippen molar-refractivity contribution in [1.82, 2.24) is 14.5 Å². The van der Waals surface area contributed by atoms with Crippen LogP contribution in [-0.2, 0) is 9.30 Å². The zero-order valence-electron chi connectivity index (χ0n) is 12.8. The predicted molar refractivity (Wildman–Crippen MR) is 85.5 cm³/mol. The first-order valence-corrected chi connectivity index (χ1v) is 8.63. The summed E-state index contributed by atoms with van der Waals surface area (Å²) >= 11 is 0. The number of rotatable bonds is 5. The zero-order valence-corrected chi connectivity index (χ0v) is 13.7. The molecule has 1 heterocycles. The highest BCUT2D eigenvalue weighted by molar-refractivity contribution is 7.56. The van der Waals surface area contributed by atoms with Crippen molar-refractivity contribution in [2.24, 2.45) is 5.10 Å². The Morgan fingerprint density at radius 1 is 1.29 bits per heavy atom. The molecule has 0 bridgehead atoms. The molecule has 21 heavy (non-hydrogen) atoms. The molecule has 1 aromatic carbocycles. The van der Waals surface area contributed by atoms with E-state index in [-0.39, 0.29) is 0 Å². The second-order valence-electron chi connectivity index (χ2n) is 5.12. The molecule has 1 N–H and O–H groups in total. The highest BCUT2D eigenvalue weighted by atomic mass is 31.2. The first-order chi connectivity index (χ1) is 10.0. The topological polar surface area (TPSA) is 57.2 Å². The van der Waals surface area contributed by atoms with E-state index >= 15 is 0 Å². The fourth-order valence-corrected chi connectivity index (χ4v) is 3.91. The first-order valence-electron chi connectivity index (χ1n) is 7.02. The lowest BCUT2D eigenvalue weighted by Gasteiger charge is -2.36. The average molecular weight is 310 g/mol. The molecule has 1 aliphatic rings. The number of morpholine rings is 1. The minimum Gasteiger partial charge on any atom is -0.379 e. The smallest absolute Gasteiger partial charge is 0.323 e. The van der Waals surface area contributed by atoms with E-state index in [2.05, 4.69) is 10.3 Å². The average Bonchev–Trinajstić information content (AvgIpc) is 2.53. The SMILES string of the molecule is C/C(=N\NP(=O)(N(C)C)N1CCOCC1)c1ccccc1. The van der Waals surface area contributed by atoms with Crippen molar-refractivity contribution in [3.05, 3.63) is 35.9 Å². The van der Waals surface area contributed by atoms with Crippen LogP contribution in [0.2, 0.25) is 0 Å². The molecular weight excluding hydrogens is 287 g/mol. The maximum atomic E-state index is 13.2. The molecule has 0 aliphatic carbocycles. The monoisotopic (exact) mass is 310 g/mol. The van der Waals surface area contributed by atoms with Crippen molar-refractivity contribution in [3.8, 4) is 0 Å². The summed E-state index contributed by atoms with van der Waals surface area (Å²) in [6.07, 6.45) is 0. The van der Waals surface area contributed by atoms with E-state index in [1.165, 1.54) is 0 Å². The molecule has 116 valence electrons. The number of nitrogens with one attached hydrogen (secondary N) is 1. The molecule has 1 aromatic rings. The van der Waals surface area contributed by atoms with Gasteiger partial charge in [-0.15, -0.1) is 0 Å². The lowest BCUT2D eigenvalue weighted by molar-refractivity contribution is 0.0688. The van der Waals surface area contributed by atoms with E-state index in [1.807, 2.05) is 41.9 Å². The summed E-state index contributed by atoms with van der Waals surface area (Å²) in [4.78, 5) is 0. The van der Waals surface area contributed by atoms with Gasteiger partial charge in [0.05, 0.1) is 18.9 Å². The second-order valence-corrected chi connectivity index (χ2v) is 7.77. The van der Waals surface area contributed by atoms with E-state index in [4.69, 9.17) is 4.74 Å². The van der Waals surface area contributed by atoms with Crippen LogP contribution in [0.25, 0.3) is 0 Å². The van der Waals surface area contributed by atoms with Gasteiger partial charge in [-0.3, -0.25) is 4.57 Å². The fraction of sp³-hybridized carbons (Fsp3) is 0.500. The van der Waals surface area contributed by atoms with E-state index in [9.17, 15) is 4.57 Å². The van der Waals surface area contributed by atoms with Gasteiger partial charge < -0.3 is 4.74 Å². The van der Waals surface area contributed by atoms with Crippen LogP contribution in [0.4, 0.5) is 0 Å². The molecule has 0 spiro atoms. The molecular formula is C14H23N4O2P. The summed E-state index contributed by atoms with van der Waals surface area (Å²) in [5, 5.41) is 7.25. The number of hydrazone groups is 1. The standard InChI is InChI=1S/C14H23N4O2P/c1-13(14-7-5-4-6-8-14)15-16-21(19,17(2)3)18-9-11-20-12-10-18/h4-8H,9-12H2,1-3H3,(H,16,19)/b15-13+. The van der Waals surface area contributed by atoms with Gasteiger partial charge in [0, 0.05) is 13.1 Å². The number of ether oxygens (including phenoxy) is 1. The summed E-state index contributed by atoms with van der Waals surface area (Å²) < 4.78 is 22.1. The molecule has 1 fully saturated rings. The molecule has 2 rings (SSSR count). The molecule has 1 saturated heterocycles. The van der Waals surface area contributed by atoms with Crippen molar-refractivity contribution in [1.29, 1.82) is 0 Å². The summed E-state index contributed by atoms with van der Waals surface area (Å²) in [6, 6.07) is 9.85. The lowest BCUT2D eigenvalue weighted by Crippen LogP contribution is -2.40. The van der Waals surface area contributed by atoms with Crippen LogP contribution in [0.1, 0.15) is 12.5 Å². The second kappa shape index (κ2) is 7.18. The Labute approximate surface area is 126 Å². The predicted octanol–water partition coefficient (Wildman–Crippen LogP) is 2.00. The molecule has 0 saturated carbocycles. The molecule has 7 heteroatoms. The zero-order chi connectivity index (χ0) is 15.3. The molecule has 6 nitrogen and oxygen atoms in total. The summed E-state index contributed by atoms with van der Waals surface area (Å²) in [5.41, 5.74) is 1.82. The van der Waals surface area contributed by atoms with Crippen LogP contribution in [0.3, 0.4) is 0 Å². The van der Waals surface area contributed by atoms with Crippen LogP contribution in [0.15, 0.2) is 35.4 Å². The third-order valence-corrected chi connectivity index (χ3v) is 6.06. The van der Waals surface area contributed by atoms with Gasteiger partial charge in [-0.05, 0) is 26.6 Å². The van der Waals surface area contributed by atoms with Gasteiger partial charge in [-0.2, -0.15) is 5.10 Å². The maximum Gasteiger partial charge on any atom is 0.323 e. The van der Waals surface area contributed by atoms with Gasteiger partial charge in [0.1, 0.15) is 0 Å². The summed E-state index contributed by atoms with van der Waals surface area (Å²) in [6.45, 7) is 4.38. The van der Waals surface area contributed by atoms with Crippen LogP contribution in [0.5, 0.6) is 0 Å². The number of hydrogen-bond donors (Lipinski definition) is 1. The van der Waals surface area contributed by atoms with Crippen LogP contribution in [0, 0.1) is 0 Å². The number of nitrogens with zero attached hydrogens (tertiary/aromatic N) is 3. The van der Waals surface area contributed by atoms with Crippen molar-refractivity contribution in [2.75, 3.05) is 40.4 Å². The van der Waals surface area contributed by atoms with Gasteiger partial charge in [0.2, 0.25) is 0 Å². The highest BCUT2D eigenvalue weighted by Gasteiger charge is 2.34. The highest BCUT2D eigenvalue weighted by Crippen LogP contribution is 2.47. The summed E-state index contributed by atoms with van der Waals surface area (Å²) in [5.74, 6) is 0. The van der Waals surface area contributed by atoms with Crippen molar-refractivity contribution in [2.45, 2.75) is 6.92 Å². The lowest BCUT2D eigenvalue weighted by atomic mass is 10.1. The number of benzene rings is 1.